The van der Waals surface area contributed by atoms with Gasteiger partial charge in [-0.05, 0) is 75.2 Å². The summed E-state index contributed by atoms with van der Waals surface area (Å²) < 4.78 is 17.2. The Morgan fingerprint density at radius 1 is 0.900 bits per heavy atom. The summed E-state index contributed by atoms with van der Waals surface area (Å²) in [5, 5.41) is 7.59. The summed E-state index contributed by atoms with van der Waals surface area (Å²) in [6.45, 7) is 7.80. The van der Waals surface area contributed by atoms with Crippen LogP contribution in [0.25, 0.3) is 0 Å². The molecule has 3 aromatic rings. The van der Waals surface area contributed by atoms with Crippen LogP contribution < -0.4 is 25.0 Å². The number of rotatable bonds is 13. The highest BCUT2D eigenvalue weighted by atomic mass is 35.5. The lowest BCUT2D eigenvalue weighted by molar-refractivity contribution is -0.132. The molecule has 0 aliphatic rings. The lowest BCUT2D eigenvalue weighted by Gasteiger charge is -2.21. The highest BCUT2D eigenvalue weighted by molar-refractivity contribution is 6.35. The van der Waals surface area contributed by atoms with Gasteiger partial charge >= 0.3 is 0 Å². The Hall–Kier alpha value is -3.75. The molecule has 0 unspecified atom stereocenters. The third kappa shape index (κ3) is 9.47. The zero-order chi connectivity index (χ0) is 29.1. The van der Waals surface area contributed by atoms with Crippen molar-refractivity contribution in [2.75, 3.05) is 6.61 Å². The molecule has 10 heteroatoms. The van der Waals surface area contributed by atoms with Gasteiger partial charge in [-0.25, -0.2) is 5.43 Å². The van der Waals surface area contributed by atoms with Crippen molar-refractivity contribution in [2.24, 2.45) is 5.10 Å². The highest BCUT2D eigenvalue weighted by Gasteiger charge is 2.25. The van der Waals surface area contributed by atoms with Crippen LogP contribution in [0.5, 0.6) is 17.2 Å². The van der Waals surface area contributed by atoms with Gasteiger partial charge in [-0.3, -0.25) is 9.59 Å². The largest absolute Gasteiger partial charge is 0.490 e. The average molecular weight is 587 g/mol. The van der Waals surface area contributed by atoms with Crippen LogP contribution >= 0.6 is 23.2 Å². The van der Waals surface area contributed by atoms with E-state index in [1.54, 1.807) is 37.3 Å². The van der Waals surface area contributed by atoms with Gasteiger partial charge in [0.15, 0.2) is 17.6 Å². The Labute approximate surface area is 244 Å². The number of benzene rings is 3. The second-order valence-corrected chi connectivity index (χ2v) is 9.97. The van der Waals surface area contributed by atoms with Gasteiger partial charge in [0.1, 0.15) is 11.8 Å². The van der Waals surface area contributed by atoms with Gasteiger partial charge in [-0.2, -0.15) is 5.10 Å². The molecule has 2 N–H and O–H groups in total. The van der Waals surface area contributed by atoms with Crippen molar-refractivity contribution < 1.29 is 23.8 Å². The van der Waals surface area contributed by atoms with E-state index in [0.717, 1.165) is 5.56 Å². The molecule has 0 aliphatic heterocycles. The minimum atomic E-state index is -0.934. The Morgan fingerprint density at radius 3 is 2.30 bits per heavy atom. The summed E-state index contributed by atoms with van der Waals surface area (Å²) in [5.74, 6) is 0.525. The predicted octanol–water partition coefficient (Wildman–Crippen LogP) is 5.82. The van der Waals surface area contributed by atoms with Gasteiger partial charge in [-0.15, -0.1) is 0 Å². The lowest BCUT2D eigenvalue weighted by Crippen LogP contribution is -2.50. The van der Waals surface area contributed by atoms with Crippen molar-refractivity contribution in [2.45, 2.75) is 52.4 Å². The number of ether oxygens (including phenoxy) is 3. The number of hydrogen-bond acceptors (Lipinski definition) is 6. The van der Waals surface area contributed by atoms with Crippen LogP contribution in [0.1, 0.15) is 38.8 Å². The van der Waals surface area contributed by atoms with Gasteiger partial charge in [-0.1, -0.05) is 53.5 Å². The fourth-order valence-corrected chi connectivity index (χ4v) is 4.09. The van der Waals surface area contributed by atoms with Crippen LogP contribution in [0.3, 0.4) is 0 Å². The number of hydrazone groups is 1. The number of amides is 2. The molecule has 0 aromatic heterocycles. The Bertz CT molecular complexity index is 1320. The molecule has 8 nitrogen and oxygen atoms in total. The molecular weight excluding hydrogens is 553 g/mol. The number of nitrogens with zero attached hydrogens (tertiary/aromatic N) is 1. The molecular formula is C30H33Cl2N3O5. The van der Waals surface area contributed by atoms with E-state index in [1.807, 2.05) is 51.1 Å². The average Bonchev–Trinajstić information content (AvgIpc) is 2.91. The Kier molecular flexibility index (Phi) is 11.7. The summed E-state index contributed by atoms with van der Waals surface area (Å²) in [7, 11) is 0. The maximum absolute atomic E-state index is 13.1. The first-order valence-electron chi connectivity index (χ1n) is 12.9. The van der Waals surface area contributed by atoms with Gasteiger partial charge in [0.05, 0.1) is 23.9 Å². The monoisotopic (exact) mass is 585 g/mol. The molecule has 2 atom stereocenters. The molecule has 0 radical (unpaired) electrons. The van der Waals surface area contributed by atoms with Crippen molar-refractivity contribution in [1.82, 2.24) is 10.7 Å². The molecule has 212 valence electrons. The normalized spacial score (nSPS) is 12.6. The molecule has 0 heterocycles. The minimum Gasteiger partial charge on any atom is -0.490 e. The summed E-state index contributed by atoms with van der Waals surface area (Å²) in [6.07, 6.45) is 0.802. The quantitative estimate of drug-likeness (QED) is 0.194. The van der Waals surface area contributed by atoms with Gasteiger partial charge in [0, 0.05) is 11.4 Å². The molecule has 0 bridgehead atoms. The van der Waals surface area contributed by atoms with Crippen molar-refractivity contribution >= 4 is 41.2 Å². The molecule has 2 amide bonds. The Balaban J connectivity index is 1.70. The van der Waals surface area contributed by atoms with E-state index in [2.05, 4.69) is 15.8 Å². The van der Waals surface area contributed by atoms with Gasteiger partial charge in [0.2, 0.25) is 0 Å². The van der Waals surface area contributed by atoms with E-state index in [-0.39, 0.29) is 17.5 Å². The number of carbonyl (C=O) groups is 2. The zero-order valence-electron chi connectivity index (χ0n) is 22.8. The molecule has 3 aromatic carbocycles. The van der Waals surface area contributed by atoms with Crippen LogP contribution in [-0.4, -0.2) is 42.9 Å². The molecule has 0 saturated carbocycles. The van der Waals surface area contributed by atoms with Crippen LogP contribution in [0.2, 0.25) is 10.0 Å². The summed E-state index contributed by atoms with van der Waals surface area (Å²) >= 11 is 12.1. The number of nitrogens with one attached hydrogen (secondary N) is 2. The molecule has 0 spiro atoms. The van der Waals surface area contributed by atoms with E-state index < -0.39 is 24.0 Å². The van der Waals surface area contributed by atoms with Crippen molar-refractivity contribution in [3.63, 3.8) is 0 Å². The molecule has 0 saturated heterocycles. The van der Waals surface area contributed by atoms with Crippen LogP contribution in [0.4, 0.5) is 0 Å². The third-order valence-corrected chi connectivity index (χ3v) is 6.03. The topological polar surface area (TPSA) is 98.2 Å². The number of carbonyl (C=O) groups excluding carboxylic acids is 2. The fraction of sp³-hybridized carbons (Fsp3) is 0.300. The van der Waals surface area contributed by atoms with Crippen LogP contribution in [0.15, 0.2) is 71.8 Å². The lowest BCUT2D eigenvalue weighted by atomic mass is 10.1. The predicted molar refractivity (Wildman–Crippen MR) is 158 cm³/mol. The van der Waals surface area contributed by atoms with E-state index in [4.69, 9.17) is 37.4 Å². The SMILES string of the molecule is CCOc1cc(/C=N\NC(=O)[C@@H](Cc2ccccc2)NC(=O)[C@H](C)Oc2ccc(Cl)cc2Cl)ccc1OC(C)C. The summed E-state index contributed by atoms with van der Waals surface area (Å²) in [5.41, 5.74) is 4.09. The molecule has 0 aliphatic carbocycles. The van der Waals surface area contributed by atoms with Crippen molar-refractivity contribution in [1.29, 1.82) is 0 Å². The molecule has 40 heavy (non-hydrogen) atoms. The molecule has 3 rings (SSSR count). The van der Waals surface area contributed by atoms with E-state index in [0.29, 0.717) is 34.4 Å². The van der Waals surface area contributed by atoms with Crippen LogP contribution in [-0.2, 0) is 16.0 Å². The smallest absolute Gasteiger partial charge is 0.262 e. The number of halogens is 2. The number of hydrogen-bond donors (Lipinski definition) is 2. The second-order valence-electron chi connectivity index (χ2n) is 9.13. The fourth-order valence-electron chi connectivity index (χ4n) is 3.64. The first kappa shape index (κ1) is 30.8. The van der Waals surface area contributed by atoms with Crippen molar-refractivity contribution in [3.8, 4) is 17.2 Å². The van der Waals surface area contributed by atoms with E-state index in [9.17, 15) is 9.59 Å². The third-order valence-electron chi connectivity index (χ3n) is 5.50. The maximum Gasteiger partial charge on any atom is 0.262 e. The van der Waals surface area contributed by atoms with E-state index in [1.165, 1.54) is 12.3 Å². The first-order chi connectivity index (χ1) is 19.2. The summed E-state index contributed by atoms with van der Waals surface area (Å²) in [6, 6.07) is 18.5. The first-order valence-corrected chi connectivity index (χ1v) is 13.6. The maximum atomic E-state index is 13.1. The van der Waals surface area contributed by atoms with E-state index >= 15 is 0 Å². The van der Waals surface area contributed by atoms with Gasteiger partial charge in [0.25, 0.3) is 11.8 Å². The minimum absolute atomic E-state index is 0.00827. The van der Waals surface area contributed by atoms with Gasteiger partial charge < -0.3 is 19.5 Å². The van der Waals surface area contributed by atoms with Crippen molar-refractivity contribution in [3.05, 3.63) is 87.9 Å². The standard InChI is InChI=1S/C30H33Cl2N3O5/c1-5-38-28-16-22(11-13-27(28)39-19(2)3)18-33-35-30(37)25(15-21-9-7-6-8-10-21)34-29(36)20(4)40-26-14-12-23(31)17-24(26)32/h6-14,16-20,25H,5,15H2,1-4H3,(H,34,36)(H,35,37)/b33-18-/t20-,25+/m0/s1. The second kappa shape index (κ2) is 15.1. The summed E-state index contributed by atoms with van der Waals surface area (Å²) in [4.78, 5) is 26.1. The highest BCUT2D eigenvalue weighted by Crippen LogP contribution is 2.29. The Morgan fingerprint density at radius 2 is 1.62 bits per heavy atom. The molecule has 0 fully saturated rings. The zero-order valence-corrected chi connectivity index (χ0v) is 24.3. The van der Waals surface area contributed by atoms with Crippen LogP contribution in [0, 0.1) is 0 Å².